The van der Waals surface area contributed by atoms with Crippen molar-refractivity contribution in [3.63, 3.8) is 0 Å². The number of rotatable bonds is 9. The Labute approximate surface area is 152 Å². The number of nitrogens with two attached hydrogens (primary N) is 1. The van der Waals surface area contributed by atoms with Gasteiger partial charge in [-0.05, 0) is 60.3 Å². The number of hydrogen-bond donors (Lipinski definition) is 1. The Morgan fingerprint density at radius 1 is 1.21 bits per heavy atom. The third-order valence-corrected chi connectivity index (χ3v) is 4.78. The van der Waals surface area contributed by atoms with Crippen LogP contribution in [0.15, 0.2) is 28.7 Å². The van der Waals surface area contributed by atoms with E-state index in [0.717, 1.165) is 55.6 Å². The Hall–Kier alpha value is -1.11. The molecule has 24 heavy (non-hydrogen) atoms. The average molecular weight is 399 g/mol. The summed E-state index contributed by atoms with van der Waals surface area (Å²) in [4.78, 5) is 14.2. The summed E-state index contributed by atoms with van der Waals surface area (Å²) in [5, 5.41) is 0. The molecule has 1 fully saturated rings. The Bertz CT molecular complexity index is 505. The van der Waals surface area contributed by atoms with Crippen molar-refractivity contribution in [1.29, 1.82) is 0 Å². The van der Waals surface area contributed by atoms with Gasteiger partial charge in [-0.25, -0.2) is 0 Å². The highest BCUT2D eigenvalue weighted by molar-refractivity contribution is 9.10. The van der Waals surface area contributed by atoms with E-state index in [-0.39, 0.29) is 12.0 Å². The molecular formula is C18H27BrN2O3. The van der Waals surface area contributed by atoms with Gasteiger partial charge in [0.05, 0.1) is 17.2 Å². The second-order valence-corrected chi connectivity index (χ2v) is 6.83. The van der Waals surface area contributed by atoms with Crippen molar-refractivity contribution in [3.8, 4) is 5.75 Å². The van der Waals surface area contributed by atoms with Gasteiger partial charge in [0, 0.05) is 26.1 Å². The number of halogens is 1. The first kappa shape index (κ1) is 19.2. The molecule has 0 radical (unpaired) electrons. The molecule has 6 heteroatoms. The summed E-state index contributed by atoms with van der Waals surface area (Å²) in [6.07, 6.45) is 4.28. The van der Waals surface area contributed by atoms with Gasteiger partial charge in [-0.3, -0.25) is 4.79 Å². The zero-order chi connectivity index (χ0) is 17.2. The minimum Gasteiger partial charge on any atom is -0.492 e. The van der Waals surface area contributed by atoms with Crippen LogP contribution in [0, 0.1) is 0 Å². The van der Waals surface area contributed by atoms with Crippen molar-refractivity contribution < 1.29 is 14.3 Å². The SMILES string of the molecule is NCCCOC1CCN(C(=O)CCCOc2ccccc2Br)CC1. The van der Waals surface area contributed by atoms with Crippen LogP contribution in [-0.2, 0) is 9.53 Å². The number of amides is 1. The Kier molecular flexibility index (Phi) is 8.56. The molecule has 1 heterocycles. The minimum absolute atomic E-state index is 0.214. The lowest BCUT2D eigenvalue weighted by Gasteiger charge is -2.32. The van der Waals surface area contributed by atoms with Crippen LogP contribution in [0.25, 0.3) is 0 Å². The molecule has 5 nitrogen and oxygen atoms in total. The molecule has 0 spiro atoms. The maximum Gasteiger partial charge on any atom is 0.222 e. The van der Waals surface area contributed by atoms with E-state index in [4.69, 9.17) is 15.2 Å². The molecular weight excluding hydrogens is 372 g/mol. The molecule has 1 saturated heterocycles. The van der Waals surface area contributed by atoms with Crippen molar-refractivity contribution in [2.45, 2.75) is 38.2 Å². The van der Waals surface area contributed by atoms with Gasteiger partial charge in [0.15, 0.2) is 0 Å². The van der Waals surface area contributed by atoms with E-state index in [1.54, 1.807) is 0 Å². The number of carbonyl (C=O) groups is 1. The molecule has 1 aromatic rings. The first-order chi connectivity index (χ1) is 11.7. The van der Waals surface area contributed by atoms with E-state index in [1.807, 2.05) is 29.2 Å². The summed E-state index contributed by atoms with van der Waals surface area (Å²) in [6, 6.07) is 7.75. The van der Waals surface area contributed by atoms with Gasteiger partial charge in [-0.1, -0.05) is 12.1 Å². The number of nitrogens with zero attached hydrogens (tertiary/aromatic N) is 1. The highest BCUT2D eigenvalue weighted by Gasteiger charge is 2.22. The van der Waals surface area contributed by atoms with Crippen LogP contribution in [0.1, 0.15) is 32.1 Å². The lowest BCUT2D eigenvalue weighted by Crippen LogP contribution is -2.41. The van der Waals surface area contributed by atoms with E-state index < -0.39 is 0 Å². The number of benzene rings is 1. The van der Waals surface area contributed by atoms with Gasteiger partial charge < -0.3 is 20.1 Å². The molecule has 2 rings (SSSR count). The predicted molar refractivity (Wildman–Crippen MR) is 98.1 cm³/mol. The summed E-state index contributed by atoms with van der Waals surface area (Å²) in [6.45, 7) is 3.52. The predicted octanol–water partition coefficient (Wildman–Crippen LogP) is 2.96. The fraction of sp³-hybridized carbons (Fsp3) is 0.611. The maximum absolute atomic E-state index is 12.2. The standard InChI is InChI=1S/C18H27BrN2O3/c19-16-5-1-2-6-17(16)24-13-3-7-18(22)21-11-8-15(9-12-21)23-14-4-10-20/h1-2,5-6,15H,3-4,7-14,20H2. The molecule has 1 aliphatic rings. The zero-order valence-electron chi connectivity index (χ0n) is 14.1. The van der Waals surface area contributed by atoms with E-state index in [9.17, 15) is 4.79 Å². The smallest absolute Gasteiger partial charge is 0.222 e. The van der Waals surface area contributed by atoms with Crippen LogP contribution < -0.4 is 10.5 Å². The van der Waals surface area contributed by atoms with Gasteiger partial charge in [0.2, 0.25) is 5.91 Å². The van der Waals surface area contributed by atoms with Crippen molar-refractivity contribution in [1.82, 2.24) is 4.90 Å². The summed E-state index contributed by atoms with van der Waals surface area (Å²) >= 11 is 3.45. The zero-order valence-corrected chi connectivity index (χ0v) is 15.7. The van der Waals surface area contributed by atoms with E-state index >= 15 is 0 Å². The van der Waals surface area contributed by atoms with Crippen molar-refractivity contribution in [3.05, 3.63) is 28.7 Å². The van der Waals surface area contributed by atoms with Gasteiger partial charge in [0.25, 0.3) is 0 Å². The topological polar surface area (TPSA) is 64.8 Å². The van der Waals surface area contributed by atoms with Crippen LogP contribution in [0.5, 0.6) is 5.75 Å². The number of carbonyl (C=O) groups excluding carboxylic acids is 1. The Morgan fingerprint density at radius 3 is 2.67 bits per heavy atom. The van der Waals surface area contributed by atoms with Gasteiger partial charge in [-0.15, -0.1) is 0 Å². The minimum atomic E-state index is 0.214. The van der Waals surface area contributed by atoms with E-state index in [2.05, 4.69) is 15.9 Å². The summed E-state index contributed by atoms with van der Waals surface area (Å²) in [5.41, 5.74) is 5.46. The molecule has 1 aliphatic heterocycles. The van der Waals surface area contributed by atoms with Gasteiger partial charge >= 0.3 is 0 Å². The second kappa shape index (κ2) is 10.7. The van der Waals surface area contributed by atoms with Gasteiger partial charge in [-0.2, -0.15) is 0 Å². The number of ether oxygens (including phenoxy) is 2. The quantitative estimate of drug-likeness (QED) is 0.649. The summed E-state index contributed by atoms with van der Waals surface area (Å²) < 4.78 is 12.4. The average Bonchev–Trinajstić information content (AvgIpc) is 2.61. The first-order valence-electron chi connectivity index (χ1n) is 8.67. The molecule has 2 N–H and O–H groups in total. The molecule has 0 saturated carbocycles. The van der Waals surface area contributed by atoms with Crippen LogP contribution in [0.4, 0.5) is 0 Å². The van der Waals surface area contributed by atoms with Crippen LogP contribution >= 0.6 is 15.9 Å². The fourth-order valence-electron chi connectivity index (χ4n) is 2.73. The van der Waals surface area contributed by atoms with E-state index in [1.165, 1.54) is 0 Å². The molecule has 0 unspecified atom stereocenters. The molecule has 1 amide bonds. The normalized spacial score (nSPS) is 15.5. The number of para-hydroxylation sites is 1. The van der Waals surface area contributed by atoms with Crippen LogP contribution in [-0.4, -0.2) is 49.8 Å². The number of hydrogen-bond acceptors (Lipinski definition) is 4. The van der Waals surface area contributed by atoms with Gasteiger partial charge in [0.1, 0.15) is 5.75 Å². The monoisotopic (exact) mass is 398 g/mol. The van der Waals surface area contributed by atoms with Crippen molar-refractivity contribution >= 4 is 21.8 Å². The van der Waals surface area contributed by atoms with Crippen LogP contribution in [0.2, 0.25) is 0 Å². The molecule has 0 aliphatic carbocycles. The second-order valence-electron chi connectivity index (χ2n) is 5.98. The largest absolute Gasteiger partial charge is 0.492 e. The third kappa shape index (κ3) is 6.42. The Morgan fingerprint density at radius 2 is 1.96 bits per heavy atom. The number of likely N-dealkylation sites (tertiary alicyclic amines) is 1. The highest BCUT2D eigenvalue weighted by Crippen LogP contribution is 2.24. The highest BCUT2D eigenvalue weighted by atomic mass is 79.9. The summed E-state index contributed by atoms with van der Waals surface area (Å²) in [7, 11) is 0. The number of piperidine rings is 1. The lowest BCUT2D eigenvalue weighted by atomic mass is 10.1. The van der Waals surface area contributed by atoms with Crippen molar-refractivity contribution in [2.24, 2.45) is 5.73 Å². The fourth-order valence-corrected chi connectivity index (χ4v) is 3.13. The molecule has 0 atom stereocenters. The molecule has 1 aromatic carbocycles. The lowest BCUT2D eigenvalue weighted by molar-refractivity contribution is -0.134. The summed E-state index contributed by atoms with van der Waals surface area (Å²) in [5.74, 6) is 1.03. The third-order valence-electron chi connectivity index (χ3n) is 4.13. The molecule has 134 valence electrons. The van der Waals surface area contributed by atoms with Crippen LogP contribution in [0.3, 0.4) is 0 Å². The first-order valence-corrected chi connectivity index (χ1v) is 9.46. The Balaban J connectivity index is 1.59. The van der Waals surface area contributed by atoms with Crippen molar-refractivity contribution in [2.75, 3.05) is 32.8 Å². The maximum atomic E-state index is 12.2. The molecule has 0 bridgehead atoms. The molecule has 0 aromatic heterocycles. The van der Waals surface area contributed by atoms with E-state index in [0.29, 0.717) is 19.6 Å².